The van der Waals surface area contributed by atoms with E-state index in [9.17, 15) is 4.79 Å². The maximum absolute atomic E-state index is 11.6. The molecular weight excluding hydrogens is 270 g/mol. The van der Waals surface area contributed by atoms with Crippen LogP contribution in [0.1, 0.15) is 37.1 Å². The second kappa shape index (κ2) is 7.76. The Hall–Kier alpha value is -0.910. The number of hydrogen-bond acceptors (Lipinski definition) is 4. The lowest BCUT2D eigenvalue weighted by molar-refractivity contribution is -0.121. The molecule has 1 saturated heterocycles. The van der Waals surface area contributed by atoms with E-state index in [1.54, 1.807) is 11.3 Å². The number of nitrogens with zero attached hydrogens (tertiary/aromatic N) is 1. The van der Waals surface area contributed by atoms with E-state index >= 15 is 0 Å². The minimum Gasteiger partial charge on any atom is -0.354 e. The zero-order valence-electron chi connectivity index (χ0n) is 12.2. The standard InChI is InChI=1S/C15H25N3OS/c1-12-5-8-18(9-6-12)13(14-3-2-10-20-14)11-17-15(19)4-7-16/h2-3,10,12-13H,4-9,11,16H2,1H3,(H,17,19). The quantitative estimate of drug-likeness (QED) is 0.844. The molecule has 2 heterocycles. The van der Waals surface area contributed by atoms with Crippen LogP contribution in [0.15, 0.2) is 17.5 Å². The van der Waals surface area contributed by atoms with Crippen LogP contribution in [0.5, 0.6) is 0 Å². The van der Waals surface area contributed by atoms with E-state index in [1.807, 2.05) is 0 Å². The first-order chi connectivity index (χ1) is 9.70. The third-order valence-electron chi connectivity index (χ3n) is 3.99. The molecule has 3 N–H and O–H groups in total. The highest BCUT2D eigenvalue weighted by molar-refractivity contribution is 7.10. The zero-order chi connectivity index (χ0) is 14.4. The fourth-order valence-electron chi connectivity index (χ4n) is 2.66. The number of amides is 1. The number of likely N-dealkylation sites (tertiary alicyclic amines) is 1. The molecule has 0 radical (unpaired) electrons. The van der Waals surface area contributed by atoms with Gasteiger partial charge in [0.1, 0.15) is 0 Å². The fraction of sp³-hybridized carbons (Fsp3) is 0.667. The summed E-state index contributed by atoms with van der Waals surface area (Å²) in [5.41, 5.74) is 5.42. The van der Waals surface area contributed by atoms with Crippen molar-refractivity contribution in [2.45, 2.75) is 32.2 Å². The smallest absolute Gasteiger partial charge is 0.221 e. The van der Waals surface area contributed by atoms with Gasteiger partial charge in [-0.3, -0.25) is 9.69 Å². The van der Waals surface area contributed by atoms with Gasteiger partial charge >= 0.3 is 0 Å². The van der Waals surface area contributed by atoms with Crippen molar-refractivity contribution in [1.29, 1.82) is 0 Å². The molecule has 0 aromatic carbocycles. The summed E-state index contributed by atoms with van der Waals surface area (Å²) in [6.45, 7) is 5.66. The van der Waals surface area contributed by atoms with Crippen molar-refractivity contribution >= 4 is 17.2 Å². The van der Waals surface area contributed by atoms with Gasteiger partial charge in [0.25, 0.3) is 0 Å². The summed E-state index contributed by atoms with van der Waals surface area (Å²) in [5.74, 6) is 0.876. The van der Waals surface area contributed by atoms with E-state index in [0.717, 1.165) is 19.0 Å². The number of piperidine rings is 1. The molecule has 1 amide bonds. The summed E-state index contributed by atoms with van der Waals surface area (Å²) in [4.78, 5) is 15.5. The van der Waals surface area contributed by atoms with Gasteiger partial charge in [-0.1, -0.05) is 13.0 Å². The third-order valence-corrected chi connectivity index (χ3v) is 4.97. The van der Waals surface area contributed by atoms with Crippen LogP contribution in [0, 0.1) is 5.92 Å². The van der Waals surface area contributed by atoms with Gasteiger partial charge in [0.05, 0.1) is 6.04 Å². The van der Waals surface area contributed by atoms with Crippen molar-refractivity contribution in [3.8, 4) is 0 Å². The van der Waals surface area contributed by atoms with E-state index in [-0.39, 0.29) is 5.91 Å². The molecule has 1 aliphatic rings. The van der Waals surface area contributed by atoms with Gasteiger partial charge in [0, 0.05) is 24.4 Å². The average molecular weight is 295 g/mol. The van der Waals surface area contributed by atoms with Gasteiger partial charge in [-0.05, 0) is 43.3 Å². The largest absolute Gasteiger partial charge is 0.354 e. The molecular formula is C15H25N3OS. The molecule has 1 atom stereocenters. The van der Waals surface area contributed by atoms with Crippen LogP contribution in [0.4, 0.5) is 0 Å². The minimum atomic E-state index is 0.0550. The Bertz CT molecular complexity index is 399. The molecule has 1 aromatic heterocycles. The highest BCUT2D eigenvalue weighted by Gasteiger charge is 2.25. The Kier molecular flexibility index (Phi) is 6.01. The summed E-state index contributed by atoms with van der Waals surface area (Å²) in [7, 11) is 0. The number of hydrogen-bond donors (Lipinski definition) is 2. The van der Waals surface area contributed by atoms with E-state index in [0.29, 0.717) is 25.6 Å². The topological polar surface area (TPSA) is 58.4 Å². The van der Waals surface area contributed by atoms with E-state index in [1.165, 1.54) is 17.7 Å². The molecule has 20 heavy (non-hydrogen) atoms. The first-order valence-electron chi connectivity index (χ1n) is 7.45. The van der Waals surface area contributed by atoms with Crippen LogP contribution in [-0.4, -0.2) is 37.0 Å². The predicted octanol–water partition coefficient (Wildman–Crippen LogP) is 1.99. The average Bonchev–Trinajstić information content (AvgIpc) is 2.95. The molecule has 1 unspecified atom stereocenters. The predicted molar refractivity (Wildman–Crippen MR) is 83.7 cm³/mol. The lowest BCUT2D eigenvalue weighted by Gasteiger charge is -2.36. The van der Waals surface area contributed by atoms with Gasteiger partial charge in [-0.15, -0.1) is 11.3 Å². The molecule has 1 aromatic rings. The lowest BCUT2D eigenvalue weighted by Crippen LogP contribution is -2.41. The Morgan fingerprint density at radius 3 is 2.90 bits per heavy atom. The van der Waals surface area contributed by atoms with Gasteiger partial charge in [0.2, 0.25) is 5.91 Å². The number of nitrogens with two attached hydrogens (primary N) is 1. The Morgan fingerprint density at radius 1 is 1.55 bits per heavy atom. The van der Waals surface area contributed by atoms with Crippen LogP contribution in [0.25, 0.3) is 0 Å². The molecule has 112 valence electrons. The Morgan fingerprint density at radius 2 is 2.30 bits per heavy atom. The van der Waals surface area contributed by atoms with Crippen LogP contribution in [0.3, 0.4) is 0 Å². The normalized spacial score (nSPS) is 18.9. The highest BCUT2D eigenvalue weighted by Crippen LogP contribution is 2.28. The maximum atomic E-state index is 11.6. The third kappa shape index (κ3) is 4.30. The zero-order valence-corrected chi connectivity index (χ0v) is 13.0. The first-order valence-corrected chi connectivity index (χ1v) is 8.33. The van der Waals surface area contributed by atoms with Crippen LogP contribution < -0.4 is 11.1 Å². The SMILES string of the molecule is CC1CCN(C(CNC(=O)CCN)c2cccs2)CC1. The van der Waals surface area contributed by atoms with Crippen LogP contribution in [0.2, 0.25) is 0 Å². The van der Waals surface area contributed by atoms with Crippen LogP contribution >= 0.6 is 11.3 Å². The molecule has 0 saturated carbocycles. The van der Waals surface area contributed by atoms with Crippen molar-refractivity contribution in [3.05, 3.63) is 22.4 Å². The van der Waals surface area contributed by atoms with Gasteiger partial charge in [0.15, 0.2) is 0 Å². The molecule has 1 fully saturated rings. The molecule has 2 rings (SSSR count). The van der Waals surface area contributed by atoms with E-state index in [2.05, 4.69) is 34.7 Å². The maximum Gasteiger partial charge on any atom is 0.221 e. The van der Waals surface area contributed by atoms with Gasteiger partial charge in [-0.2, -0.15) is 0 Å². The Labute approximate surface area is 125 Å². The highest BCUT2D eigenvalue weighted by atomic mass is 32.1. The van der Waals surface area contributed by atoms with Crippen molar-refractivity contribution in [3.63, 3.8) is 0 Å². The monoisotopic (exact) mass is 295 g/mol. The van der Waals surface area contributed by atoms with E-state index in [4.69, 9.17) is 5.73 Å². The number of carbonyl (C=O) groups is 1. The summed E-state index contributed by atoms with van der Waals surface area (Å²) in [6.07, 6.45) is 2.91. The first kappa shape index (κ1) is 15.5. The molecule has 5 heteroatoms. The summed E-state index contributed by atoms with van der Waals surface area (Å²) in [6, 6.07) is 4.56. The van der Waals surface area contributed by atoms with E-state index < -0.39 is 0 Å². The van der Waals surface area contributed by atoms with Gasteiger partial charge in [-0.25, -0.2) is 0 Å². The summed E-state index contributed by atoms with van der Waals surface area (Å²) >= 11 is 1.77. The van der Waals surface area contributed by atoms with Crippen molar-refractivity contribution in [2.24, 2.45) is 11.7 Å². The van der Waals surface area contributed by atoms with Gasteiger partial charge < -0.3 is 11.1 Å². The van der Waals surface area contributed by atoms with Crippen molar-refractivity contribution < 1.29 is 4.79 Å². The second-order valence-electron chi connectivity index (χ2n) is 5.59. The number of nitrogens with one attached hydrogen (secondary N) is 1. The fourth-order valence-corrected chi connectivity index (χ4v) is 3.52. The van der Waals surface area contributed by atoms with Crippen LogP contribution in [-0.2, 0) is 4.79 Å². The van der Waals surface area contributed by atoms with Crippen molar-refractivity contribution in [2.75, 3.05) is 26.2 Å². The lowest BCUT2D eigenvalue weighted by atomic mass is 9.97. The summed E-state index contributed by atoms with van der Waals surface area (Å²) < 4.78 is 0. The molecule has 4 nitrogen and oxygen atoms in total. The second-order valence-corrected chi connectivity index (χ2v) is 6.57. The number of thiophene rings is 1. The Balaban J connectivity index is 1.96. The number of carbonyl (C=O) groups excluding carboxylic acids is 1. The molecule has 0 aliphatic carbocycles. The molecule has 0 spiro atoms. The summed E-state index contributed by atoms with van der Waals surface area (Å²) in [5, 5.41) is 5.13. The molecule has 0 bridgehead atoms. The minimum absolute atomic E-state index is 0.0550. The number of rotatable bonds is 6. The van der Waals surface area contributed by atoms with Crippen molar-refractivity contribution in [1.82, 2.24) is 10.2 Å². The molecule has 1 aliphatic heterocycles.